The Labute approximate surface area is 130 Å². The van der Waals surface area contributed by atoms with Gasteiger partial charge in [-0.2, -0.15) is 0 Å². The lowest BCUT2D eigenvalue weighted by Crippen LogP contribution is -2.25. The summed E-state index contributed by atoms with van der Waals surface area (Å²) in [5, 5.41) is 2.90. The van der Waals surface area contributed by atoms with Gasteiger partial charge in [-0.1, -0.05) is 6.58 Å². The normalized spacial score (nSPS) is 10.0. The van der Waals surface area contributed by atoms with Crippen molar-refractivity contribution in [2.45, 2.75) is 13.3 Å². The summed E-state index contributed by atoms with van der Waals surface area (Å²) >= 11 is 0. The number of carbonyl (C=O) groups is 1. The van der Waals surface area contributed by atoms with E-state index in [2.05, 4.69) is 16.9 Å². The predicted octanol–water partition coefficient (Wildman–Crippen LogP) is 3.01. The van der Waals surface area contributed by atoms with Gasteiger partial charge in [0.05, 0.1) is 0 Å². The van der Waals surface area contributed by atoms with Gasteiger partial charge in [-0.3, -0.25) is 9.78 Å². The summed E-state index contributed by atoms with van der Waals surface area (Å²) in [6, 6.07) is 11.0. The maximum atomic E-state index is 12.0. The molecule has 1 aromatic carbocycles. The number of aromatic nitrogens is 1. The Balaban J connectivity index is 1.81. The highest BCUT2D eigenvalue weighted by Crippen LogP contribution is 2.13. The molecule has 0 aliphatic carbocycles. The van der Waals surface area contributed by atoms with Crippen LogP contribution in [-0.2, 0) is 6.42 Å². The molecule has 0 unspecified atom stereocenters. The number of hydrogen-bond acceptors (Lipinski definition) is 3. The molecule has 0 spiro atoms. The van der Waals surface area contributed by atoms with Crippen molar-refractivity contribution in [2.24, 2.45) is 0 Å². The van der Waals surface area contributed by atoms with Gasteiger partial charge in [0.1, 0.15) is 12.4 Å². The molecule has 114 valence electrons. The Morgan fingerprint density at radius 1 is 1.18 bits per heavy atom. The Morgan fingerprint density at radius 2 is 1.86 bits per heavy atom. The van der Waals surface area contributed by atoms with Crippen molar-refractivity contribution in [2.75, 3.05) is 13.2 Å². The zero-order chi connectivity index (χ0) is 15.8. The lowest BCUT2D eigenvalue weighted by molar-refractivity contribution is 0.0954. The van der Waals surface area contributed by atoms with E-state index in [4.69, 9.17) is 4.74 Å². The SMILES string of the molecule is C=C(C)COc1ccc(C(=O)NCCc2ccncc2)cc1. The van der Waals surface area contributed by atoms with Crippen LogP contribution < -0.4 is 10.1 Å². The average Bonchev–Trinajstić information content (AvgIpc) is 2.54. The number of carbonyl (C=O) groups excluding carboxylic acids is 1. The van der Waals surface area contributed by atoms with Crippen LogP contribution in [0, 0.1) is 0 Å². The van der Waals surface area contributed by atoms with E-state index >= 15 is 0 Å². The molecular weight excluding hydrogens is 276 g/mol. The first kappa shape index (κ1) is 15.8. The van der Waals surface area contributed by atoms with Gasteiger partial charge >= 0.3 is 0 Å². The van der Waals surface area contributed by atoms with Crippen LogP contribution in [0.1, 0.15) is 22.8 Å². The molecule has 2 rings (SSSR count). The van der Waals surface area contributed by atoms with E-state index < -0.39 is 0 Å². The highest BCUT2D eigenvalue weighted by Gasteiger charge is 2.05. The van der Waals surface area contributed by atoms with E-state index in [0.717, 1.165) is 23.3 Å². The topological polar surface area (TPSA) is 51.2 Å². The fourth-order valence-electron chi connectivity index (χ4n) is 1.88. The van der Waals surface area contributed by atoms with Gasteiger partial charge in [0.15, 0.2) is 0 Å². The molecule has 0 fully saturated rings. The fraction of sp³-hybridized carbons (Fsp3) is 0.222. The molecule has 22 heavy (non-hydrogen) atoms. The van der Waals surface area contributed by atoms with E-state index in [9.17, 15) is 4.79 Å². The van der Waals surface area contributed by atoms with Crippen molar-refractivity contribution < 1.29 is 9.53 Å². The largest absolute Gasteiger partial charge is 0.489 e. The Morgan fingerprint density at radius 3 is 2.50 bits per heavy atom. The summed E-state index contributed by atoms with van der Waals surface area (Å²) in [5.41, 5.74) is 2.73. The Bertz CT molecular complexity index is 621. The molecule has 1 aromatic heterocycles. The van der Waals surface area contributed by atoms with E-state index in [1.165, 1.54) is 0 Å². The minimum Gasteiger partial charge on any atom is -0.489 e. The molecule has 0 saturated carbocycles. The van der Waals surface area contributed by atoms with Gasteiger partial charge < -0.3 is 10.1 Å². The number of hydrogen-bond donors (Lipinski definition) is 1. The Hall–Kier alpha value is -2.62. The highest BCUT2D eigenvalue weighted by atomic mass is 16.5. The number of pyridine rings is 1. The van der Waals surface area contributed by atoms with Crippen LogP contribution in [0.3, 0.4) is 0 Å². The molecule has 4 heteroatoms. The van der Waals surface area contributed by atoms with Crippen molar-refractivity contribution in [3.63, 3.8) is 0 Å². The molecule has 1 heterocycles. The van der Waals surface area contributed by atoms with Crippen molar-refractivity contribution in [1.82, 2.24) is 10.3 Å². The van der Waals surface area contributed by atoms with Crippen LogP contribution in [0.25, 0.3) is 0 Å². The second-order valence-corrected chi connectivity index (χ2v) is 5.13. The maximum absolute atomic E-state index is 12.0. The minimum absolute atomic E-state index is 0.0829. The van der Waals surface area contributed by atoms with Crippen LogP contribution in [0.4, 0.5) is 0 Å². The fourth-order valence-corrected chi connectivity index (χ4v) is 1.88. The van der Waals surface area contributed by atoms with Crippen molar-refractivity contribution in [3.05, 3.63) is 72.1 Å². The number of rotatable bonds is 7. The molecule has 2 aromatic rings. The van der Waals surface area contributed by atoms with Gasteiger partial charge in [-0.05, 0) is 60.9 Å². The molecule has 1 amide bonds. The Kier molecular flexibility index (Phi) is 5.72. The molecule has 4 nitrogen and oxygen atoms in total. The first-order valence-electron chi connectivity index (χ1n) is 7.19. The van der Waals surface area contributed by atoms with Crippen molar-refractivity contribution in [3.8, 4) is 5.75 Å². The third-order valence-electron chi connectivity index (χ3n) is 3.05. The monoisotopic (exact) mass is 296 g/mol. The first-order valence-corrected chi connectivity index (χ1v) is 7.19. The average molecular weight is 296 g/mol. The van der Waals surface area contributed by atoms with Crippen LogP contribution in [0.2, 0.25) is 0 Å². The number of amides is 1. The molecule has 0 aliphatic heterocycles. The van der Waals surface area contributed by atoms with Crippen LogP contribution >= 0.6 is 0 Å². The number of nitrogens with one attached hydrogen (secondary N) is 1. The van der Waals surface area contributed by atoms with E-state index in [0.29, 0.717) is 18.7 Å². The molecule has 0 bridgehead atoms. The number of benzene rings is 1. The maximum Gasteiger partial charge on any atom is 0.251 e. The minimum atomic E-state index is -0.0829. The summed E-state index contributed by atoms with van der Waals surface area (Å²) in [7, 11) is 0. The quantitative estimate of drug-likeness (QED) is 0.799. The van der Waals surface area contributed by atoms with Crippen LogP contribution in [0.15, 0.2) is 60.9 Å². The number of nitrogens with zero attached hydrogens (tertiary/aromatic N) is 1. The summed E-state index contributed by atoms with van der Waals surface area (Å²) in [6.45, 7) is 6.77. The lowest BCUT2D eigenvalue weighted by atomic mass is 10.2. The third-order valence-corrected chi connectivity index (χ3v) is 3.05. The van der Waals surface area contributed by atoms with Gasteiger partial charge in [0, 0.05) is 24.5 Å². The van der Waals surface area contributed by atoms with E-state index in [-0.39, 0.29) is 5.91 Å². The van der Waals surface area contributed by atoms with Gasteiger partial charge in [0.25, 0.3) is 5.91 Å². The molecule has 0 saturated heterocycles. The van der Waals surface area contributed by atoms with E-state index in [1.54, 1.807) is 36.7 Å². The molecule has 0 radical (unpaired) electrons. The molecule has 0 aliphatic rings. The standard InChI is InChI=1S/C18H20N2O2/c1-14(2)13-22-17-5-3-16(4-6-17)18(21)20-12-9-15-7-10-19-11-8-15/h3-8,10-11H,1,9,12-13H2,2H3,(H,20,21). The summed E-state index contributed by atoms with van der Waals surface area (Å²) < 4.78 is 5.50. The zero-order valence-electron chi connectivity index (χ0n) is 12.7. The van der Waals surface area contributed by atoms with Crippen LogP contribution in [-0.4, -0.2) is 24.0 Å². The van der Waals surface area contributed by atoms with Gasteiger partial charge in [-0.25, -0.2) is 0 Å². The molecule has 0 atom stereocenters. The second-order valence-electron chi connectivity index (χ2n) is 5.13. The predicted molar refractivity (Wildman–Crippen MR) is 87.0 cm³/mol. The zero-order valence-corrected chi connectivity index (χ0v) is 12.7. The number of ether oxygens (including phenoxy) is 1. The lowest BCUT2D eigenvalue weighted by Gasteiger charge is -2.08. The van der Waals surface area contributed by atoms with E-state index in [1.807, 2.05) is 19.1 Å². The highest BCUT2D eigenvalue weighted by molar-refractivity contribution is 5.94. The van der Waals surface area contributed by atoms with Crippen molar-refractivity contribution >= 4 is 5.91 Å². The van der Waals surface area contributed by atoms with Gasteiger partial charge in [0.2, 0.25) is 0 Å². The summed E-state index contributed by atoms with van der Waals surface area (Å²) in [6.07, 6.45) is 4.29. The summed E-state index contributed by atoms with van der Waals surface area (Å²) in [4.78, 5) is 16.0. The van der Waals surface area contributed by atoms with Crippen molar-refractivity contribution in [1.29, 1.82) is 0 Å². The third kappa shape index (κ3) is 5.05. The van der Waals surface area contributed by atoms with Crippen LogP contribution in [0.5, 0.6) is 5.75 Å². The smallest absolute Gasteiger partial charge is 0.251 e. The van der Waals surface area contributed by atoms with Gasteiger partial charge in [-0.15, -0.1) is 0 Å². The second kappa shape index (κ2) is 7.98. The summed E-state index contributed by atoms with van der Waals surface area (Å²) in [5.74, 6) is 0.650. The first-order chi connectivity index (χ1) is 10.6. The molecule has 1 N–H and O–H groups in total. The molecular formula is C18H20N2O2.